The monoisotopic (exact) mass is 242 g/mol. The summed E-state index contributed by atoms with van der Waals surface area (Å²) in [4.78, 5) is 12.3. The maximum absolute atomic E-state index is 8.77. The van der Waals surface area contributed by atoms with Gasteiger partial charge in [-0.05, 0) is 18.1 Å². The van der Waals surface area contributed by atoms with Crippen molar-refractivity contribution in [1.82, 2.24) is 0 Å². The minimum absolute atomic E-state index is 0.0328. The number of rotatable bonds is 3. The van der Waals surface area contributed by atoms with E-state index in [0.717, 1.165) is 11.3 Å². The zero-order valence-corrected chi connectivity index (χ0v) is 8.98. The highest BCUT2D eigenvalue weighted by atomic mass is 16.9. The first-order valence-corrected chi connectivity index (χ1v) is 4.59. The molecule has 0 fully saturated rings. The summed E-state index contributed by atoms with van der Waals surface area (Å²) in [6.45, 7) is 0.0943. The highest BCUT2D eigenvalue weighted by molar-refractivity contribution is 5.79. The molecule has 0 bridgehead atoms. The molecular formula is C9H14N4O4. The highest BCUT2D eigenvalue weighted by Crippen LogP contribution is 2.18. The average molecular weight is 242 g/mol. The summed E-state index contributed by atoms with van der Waals surface area (Å²) < 4.78 is 0. The van der Waals surface area contributed by atoms with Crippen molar-refractivity contribution < 1.29 is 15.4 Å². The molecule has 0 spiro atoms. The van der Waals surface area contributed by atoms with Crippen molar-refractivity contribution >= 4 is 11.6 Å². The third-order valence-electron chi connectivity index (χ3n) is 1.62. The fourth-order valence-electron chi connectivity index (χ4n) is 1.09. The predicted molar refractivity (Wildman–Crippen MR) is 61.5 cm³/mol. The Balaban J connectivity index is 0.000000557. The van der Waals surface area contributed by atoms with Crippen LogP contribution in [-0.4, -0.2) is 28.0 Å². The number of aliphatic imine (C=N–C) groups is 1. The van der Waals surface area contributed by atoms with Crippen LogP contribution in [0.15, 0.2) is 29.3 Å². The third-order valence-corrected chi connectivity index (χ3v) is 1.62. The Bertz CT molecular complexity index is 386. The van der Waals surface area contributed by atoms with E-state index in [1.54, 1.807) is 0 Å². The Kier molecular flexibility index (Phi) is 6.79. The van der Waals surface area contributed by atoms with Crippen molar-refractivity contribution in [2.24, 2.45) is 16.5 Å². The molecule has 0 heterocycles. The SMILES string of the molecule is NC(N)=Nc1ccccc1CCO.O=[N+]([O-])O. The second-order valence-corrected chi connectivity index (χ2v) is 2.88. The van der Waals surface area contributed by atoms with E-state index in [9.17, 15) is 0 Å². The lowest BCUT2D eigenvalue weighted by molar-refractivity contribution is -0.742. The van der Waals surface area contributed by atoms with Gasteiger partial charge < -0.3 is 21.8 Å². The second-order valence-electron chi connectivity index (χ2n) is 2.88. The van der Waals surface area contributed by atoms with Crippen molar-refractivity contribution in [3.8, 4) is 0 Å². The van der Waals surface area contributed by atoms with Gasteiger partial charge in [-0.15, -0.1) is 10.1 Å². The maximum atomic E-state index is 8.77. The molecule has 0 unspecified atom stereocenters. The smallest absolute Gasteiger partial charge is 0.291 e. The molecule has 1 aromatic carbocycles. The van der Waals surface area contributed by atoms with E-state index in [1.807, 2.05) is 24.3 Å². The van der Waals surface area contributed by atoms with Gasteiger partial charge in [0.25, 0.3) is 5.09 Å². The number of benzene rings is 1. The molecule has 6 N–H and O–H groups in total. The first kappa shape index (κ1) is 14.6. The lowest BCUT2D eigenvalue weighted by Crippen LogP contribution is -2.22. The Hall–Kier alpha value is -2.35. The molecule has 8 nitrogen and oxygen atoms in total. The summed E-state index contributed by atoms with van der Waals surface area (Å²) in [5.74, 6) is 0.0328. The normalized spacial score (nSPS) is 8.76. The van der Waals surface area contributed by atoms with Crippen LogP contribution in [0.1, 0.15) is 5.56 Å². The fraction of sp³-hybridized carbons (Fsp3) is 0.222. The Morgan fingerprint density at radius 3 is 2.41 bits per heavy atom. The molecule has 0 saturated carbocycles. The average Bonchev–Trinajstić information content (AvgIpc) is 2.19. The molecule has 0 amide bonds. The van der Waals surface area contributed by atoms with Crippen LogP contribution < -0.4 is 11.5 Å². The number of para-hydroxylation sites is 1. The topological polar surface area (TPSA) is 148 Å². The first-order chi connectivity index (χ1) is 7.97. The Labute approximate surface area is 97.3 Å². The fourth-order valence-corrected chi connectivity index (χ4v) is 1.09. The van der Waals surface area contributed by atoms with Crippen LogP contribution in [-0.2, 0) is 6.42 Å². The third kappa shape index (κ3) is 7.56. The van der Waals surface area contributed by atoms with Crippen LogP contribution >= 0.6 is 0 Å². The van der Waals surface area contributed by atoms with Gasteiger partial charge in [-0.1, -0.05) is 18.2 Å². The maximum Gasteiger partial charge on any atom is 0.291 e. The van der Waals surface area contributed by atoms with Gasteiger partial charge in [0.15, 0.2) is 5.96 Å². The summed E-state index contributed by atoms with van der Waals surface area (Å²) in [5, 5.41) is 22.4. The second kappa shape index (κ2) is 7.88. The van der Waals surface area contributed by atoms with Gasteiger partial charge in [-0.3, -0.25) is 0 Å². The summed E-state index contributed by atoms with van der Waals surface area (Å²) in [6.07, 6.45) is 0.562. The van der Waals surface area contributed by atoms with Crippen LogP contribution in [0.5, 0.6) is 0 Å². The van der Waals surface area contributed by atoms with Gasteiger partial charge in [-0.2, -0.15) is 0 Å². The van der Waals surface area contributed by atoms with Crippen molar-refractivity contribution in [1.29, 1.82) is 0 Å². The molecule has 0 aromatic heterocycles. The predicted octanol–water partition coefficient (Wildman–Crippen LogP) is -0.221. The quantitative estimate of drug-likeness (QED) is 0.249. The standard InChI is InChI=1S/C9H13N3O.HNO3/c10-9(11)12-8-4-2-1-3-7(8)5-6-13;2-1(3)4/h1-4,13H,5-6H2,(H4,10,11,12);(H,2,3,4). The molecule has 0 aliphatic heterocycles. The minimum Gasteiger partial charge on any atom is -0.396 e. The van der Waals surface area contributed by atoms with Crippen molar-refractivity contribution in [3.63, 3.8) is 0 Å². The Morgan fingerprint density at radius 1 is 1.41 bits per heavy atom. The zero-order chi connectivity index (χ0) is 13.3. The zero-order valence-electron chi connectivity index (χ0n) is 8.98. The Morgan fingerprint density at radius 2 is 1.94 bits per heavy atom. The molecule has 8 heteroatoms. The van der Waals surface area contributed by atoms with Gasteiger partial charge >= 0.3 is 0 Å². The molecule has 94 valence electrons. The number of nitrogens with two attached hydrogens (primary N) is 2. The molecule has 0 saturated heterocycles. The molecule has 0 aliphatic carbocycles. The van der Waals surface area contributed by atoms with Gasteiger partial charge in [0, 0.05) is 6.61 Å². The highest BCUT2D eigenvalue weighted by Gasteiger charge is 1.98. The summed E-state index contributed by atoms with van der Waals surface area (Å²) in [7, 11) is 0. The van der Waals surface area contributed by atoms with Crippen molar-refractivity contribution in [3.05, 3.63) is 39.9 Å². The van der Waals surface area contributed by atoms with E-state index in [2.05, 4.69) is 4.99 Å². The lowest BCUT2D eigenvalue weighted by atomic mass is 10.1. The van der Waals surface area contributed by atoms with E-state index in [0.29, 0.717) is 6.42 Å². The molecule has 0 aliphatic rings. The minimum atomic E-state index is -1.50. The van der Waals surface area contributed by atoms with Crippen LogP contribution in [0, 0.1) is 10.1 Å². The molecule has 1 rings (SSSR count). The van der Waals surface area contributed by atoms with Crippen LogP contribution in [0.4, 0.5) is 5.69 Å². The van der Waals surface area contributed by atoms with Gasteiger partial charge in [-0.25, -0.2) is 4.99 Å². The number of hydrogen-bond donors (Lipinski definition) is 4. The first-order valence-electron chi connectivity index (χ1n) is 4.59. The van der Waals surface area contributed by atoms with E-state index in [-0.39, 0.29) is 12.6 Å². The molecule has 17 heavy (non-hydrogen) atoms. The van der Waals surface area contributed by atoms with Crippen LogP contribution in [0.3, 0.4) is 0 Å². The van der Waals surface area contributed by atoms with E-state index in [4.69, 9.17) is 31.9 Å². The van der Waals surface area contributed by atoms with Crippen molar-refractivity contribution in [2.75, 3.05) is 6.61 Å². The van der Waals surface area contributed by atoms with Gasteiger partial charge in [0.2, 0.25) is 0 Å². The van der Waals surface area contributed by atoms with Crippen molar-refractivity contribution in [2.45, 2.75) is 6.42 Å². The van der Waals surface area contributed by atoms with E-state index in [1.165, 1.54) is 0 Å². The van der Waals surface area contributed by atoms with Gasteiger partial charge in [0.1, 0.15) is 0 Å². The summed E-state index contributed by atoms with van der Waals surface area (Å²) in [5.41, 5.74) is 12.2. The summed E-state index contributed by atoms with van der Waals surface area (Å²) >= 11 is 0. The number of guanidine groups is 1. The number of hydrogen-bond acceptors (Lipinski definition) is 4. The lowest BCUT2D eigenvalue weighted by Gasteiger charge is -2.02. The van der Waals surface area contributed by atoms with E-state index < -0.39 is 5.09 Å². The summed E-state index contributed by atoms with van der Waals surface area (Å²) in [6, 6.07) is 7.43. The number of aliphatic hydroxyl groups is 1. The molecule has 0 atom stereocenters. The molecule has 0 radical (unpaired) electrons. The van der Waals surface area contributed by atoms with Crippen LogP contribution in [0.25, 0.3) is 0 Å². The number of nitrogens with zero attached hydrogens (tertiary/aromatic N) is 2. The molecule has 1 aromatic rings. The van der Waals surface area contributed by atoms with E-state index >= 15 is 0 Å². The largest absolute Gasteiger partial charge is 0.396 e. The number of aliphatic hydroxyl groups excluding tert-OH is 1. The van der Waals surface area contributed by atoms with Crippen LogP contribution in [0.2, 0.25) is 0 Å². The molecular weight excluding hydrogens is 228 g/mol. The van der Waals surface area contributed by atoms with Gasteiger partial charge in [0.05, 0.1) is 5.69 Å².